The van der Waals surface area contributed by atoms with E-state index in [2.05, 4.69) is 0 Å². The van der Waals surface area contributed by atoms with Gasteiger partial charge in [-0.05, 0) is 18.1 Å². The van der Waals surface area contributed by atoms with Crippen molar-refractivity contribution in [1.29, 1.82) is 0 Å². The fourth-order valence-corrected chi connectivity index (χ4v) is 1.35. The summed E-state index contributed by atoms with van der Waals surface area (Å²) in [6.45, 7) is 3.88. The molecule has 0 aliphatic heterocycles. The molecule has 70 valence electrons. The molecule has 0 atom stereocenters. The number of hydrogen-bond acceptors (Lipinski definition) is 2. The van der Waals surface area contributed by atoms with Gasteiger partial charge in [0.25, 0.3) is 0 Å². The molecule has 13 heavy (non-hydrogen) atoms. The van der Waals surface area contributed by atoms with Crippen molar-refractivity contribution in [1.82, 2.24) is 0 Å². The van der Waals surface area contributed by atoms with Gasteiger partial charge in [-0.1, -0.05) is 26.0 Å². The van der Waals surface area contributed by atoms with E-state index >= 15 is 0 Å². The fraction of sp³-hybridized carbons (Fsp3) is 0.364. The van der Waals surface area contributed by atoms with E-state index in [1.165, 1.54) is 0 Å². The molecule has 0 bridgehead atoms. The molecule has 0 saturated heterocycles. The predicted molar refractivity (Wildman–Crippen MR) is 54.9 cm³/mol. The highest BCUT2D eigenvalue weighted by atomic mass is 16.1. The maximum Gasteiger partial charge on any atom is 0.164 e. The highest BCUT2D eigenvalue weighted by molar-refractivity contribution is 6.01. The van der Waals surface area contributed by atoms with Crippen LogP contribution in [0.25, 0.3) is 0 Å². The minimum Gasteiger partial charge on any atom is -0.398 e. The van der Waals surface area contributed by atoms with Crippen molar-refractivity contribution >= 4 is 11.5 Å². The summed E-state index contributed by atoms with van der Waals surface area (Å²) in [6, 6.07) is 5.64. The number of Topliss-reactive ketones (excluding diaryl/α,β-unsaturated/α-hetero) is 1. The standard InChI is InChI=1S/C11H15NO/c1-3-8-6-5-7-9(11(8)12)10(13)4-2/h5-7H,3-4,12H2,1-2H3. The summed E-state index contributed by atoms with van der Waals surface area (Å²) in [5, 5.41) is 0. The Hall–Kier alpha value is -1.31. The molecular formula is C11H15NO. The van der Waals surface area contributed by atoms with Gasteiger partial charge < -0.3 is 5.73 Å². The van der Waals surface area contributed by atoms with Gasteiger partial charge in [-0.3, -0.25) is 4.79 Å². The number of benzene rings is 1. The lowest BCUT2D eigenvalue weighted by Crippen LogP contribution is -2.04. The van der Waals surface area contributed by atoms with Gasteiger partial charge in [0.15, 0.2) is 5.78 Å². The molecule has 0 fully saturated rings. The van der Waals surface area contributed by atoms with Gasteiger partial charge in [-0.2, -0.15) is 0 Å². The van der Waals surface area contributed by atoms with Crippen LogP contribution < -0.4 is 5.73 Å². The molecule has 0 aromatic heterocycles. The monoisotopic (exact) mass is 177 g/mol. The van der Waals surface area contributed by atoms with E-state index in [0.717, 1.165) is 12.0 Å². The first kappa shape index (κ1) is 9.78. The Morgan fingerprint density at radius 2 is 2.08 bits per heavy atom. The Morgan fingerprint density at radius 1 is 1.38 bits per heavy atom. The van der Waals surface area contributed by atoms with Crippen molar-refractivity contribution < 1.29 is 4.79 Å². The molecular weight excluding hydrogens is 162 g/mol. The molecule has 0 heterocycles. The number of hydrogen-bond donors (Lipinski definition) is 1. The Morgan fingerprint density at radius 3 is 2.62 bits per heavy atom. The quantitative estimate of drug-likeness (QED) is 0.569. The average Bonchev–Trinajstić information content (AvgIpc) is 2.17. The van der Waals surface area contributed by atoms with Crippen LogP contribution in [0.3, 0.4) is 0 Å². The molecule has 0 unspecified atom stereocenters. The first-order valence-corrected chi connectivity index (χ1v) is 4.61. The van der Waals surface area contributed by atoms with Crippen LogP contribution in [0.4, 0.5) is 5.69 Å². The Bertz CT molecular complexity index is 318. The normalized spacial score (nSPS) is 10.0. The number of rotatable bonds is 3. The van der Waals surface area contributed by atoms with Crippen LogP contribution in [0, 0.1) is 0 Å². The number of aryl methyl sites for hydroxylation is 1. The van der Waals surface area contributed by atoms with E-state index in [9.17, 15) is 4.79 Å². The molecule has 1 aromatic rings. The Balaban J connectivity index is 3.15. The SMILES string of the molecule is CCC(=O)c1cccc(CC)c1N. The molecule has 2 heteroatoms. The second-order valence-electron chi connectivity index (χ2n) is 3.01. The van der Waals surface area contributed by atoms with E-state index in [1.807, 2.05) is 26.0 Å². The third-order valence-corrected chi connectivity index (χ3v) is 2.20. The lowest BCUT2D eigenvalue weighted by Gasteiger charge is -2.07. The lowest BCUT2D eigenvalue weighted by atomic mass is 10.0. The van der Waals surface area contributed by atoms with E-state index < -0.39 is 0 Å². The first-order chi connectivity index (χ1) is 6.20. The van der Waals surface area contributed by atoms with Gasteiger partial charge >= 0.3 is 0 Å². The van der Waals surface area contributed by atoms with E-state index in [1.54, 1.807) is 6.07 Å². The van der Waals surface area contributed by atoms with Crippen LogP contribution in [0.5, 0.6) is 0 Å². The van der Waals surface area contributed by atoms with Gasteiger partial charge in [0.05, 0.1) is 0 Å². The highest BCUT2D eigenvalue weighted by Crippen LogP contribution is 2.19. The van der Waals surface area contributed by atoms with Crippen LogP contribution in [-0.4, -0.2) is 5.78 Å². The maximum atomic E-state index is 11.4. The van der Waals surface area contributed by atoms with Crippen molar-refractivity contribution in [3.63, 3.8) is 0 Å². The molecule has 2 N–H and O–H groups in total. The second-order valence-corrected chi connectivity index (χ2v) is 3.01. The topological polar surface area (TPSA) is 43.1 Å². The van der Waals surface area contributed by atoms with Gasteiger partial charge in [0, 0.05) is 17.7 Å². The van der Waals surface area contributed by atoms with Crippen molar-refractivity contribution in [3.05, 3.63) is 29.3 Å². The third-order valence-electron chi connectivity index (χ3n) is 2.20. The summed E-state index contributed by atoms with van der Waals surface area (Å²) in [5.41, 5.74) is 8.22. The van der Waals surface area contributed by atoms with Crippen molar-refractivity contribution in [2.45, 2.75) is 26.7 Å². The van der Waals surface area contributed by atoms with Crippen LogP contribution >= 0.6 is 0 Å². The van der Waals surface area contributed by atoms with Crippen molar-refractivity contribution in [2.75, 3.05) is 5.73 Å². The summed E-state index contributed by atoms with van der Waals surface area (Å²) in [4.78, 5) is 11.4. The van der Waals surface area contributed by atoms with Crippen LogP contribution in [0.1, 0.15) is 36.2 Å². The molecule has 1 aromatic carbocycles. The number of ketones is 1. The molecule has 2 nitrogen and oxygen atoms in total. The van der Waals surface area contributed by atoms with E-state index in [4.69, 9.17) is 5.73 Å². The second kappa shape index (κ2) is 4.08. The van der Waals surface area contributed by atoms with Crippen molar-refractivity contribution in [3.8, 4) is 0 Å². The predicted octanol–water partition coefficient (Wildman–Crippen LogP) is 2.42. The number of nitrogen functional groups attached to an aromatic ring is 1. The third kappa shape index (κ3) is 1.89. The highest BCUT2D eigenvalue weighted by Gasteiger charge is 2.08. The summed E-state index contributed by atoms with van der Waals surface area (Å²) < 4.78 is 0. The van der Waals surface area contributed by atoms with Gasteiger partial charge in [0.2, 0.25) is 0 Å². The lowest BCUT2D eigenvalue weighted by molar-refractivity contribution is 0.0989. The van der Waals surface area contributed by atoms with Crippen LogP contribution in [0.2, 0.25) is 0 Å². The molecule has 0 aliphatic carbocycles. The average molecular weight is 177 g/mol. The van der Waals surface area contributed by atoms with Gasteiger partial charge in [-0.15, -0.1) is 0 Å². The minimum atomic E-state index is 0.118. The van der Waals surface area contributed by atoms with Crippen LogP contribution in [0.15, 0.2) is 18.2 Å². The summed E-state index contributed by atoms with van der Waals surface area (Å²) >= 11 is 0. The minimum absolute atomic E-state index is 0.118. The molecule has 0 spiro atoms. The van der Waals surface area contributed by atoms with Crippen LogP contribution in [-0.2, 0) is 6.42 Å². The van der Waals surface area contributed by atoms with Gasteiger partial charge in [-0.25, -0.2) is 0 Å². The first-order valence-electron chi connectivity index (χ1n) is 4.61. The smallest absolute Gasteiger partial charge is 0.164 e. The number of anilines is 1. The zero-order valence-corrected chi connectivity index (χ0v) is 8.13. The van der Waals surface area contributed by atoms with E-state index in [-0.39, 0.29) is 5.78 Å². The van der Waals surface area contributed by atoms with Crippen molar-refractivity contribution in [2.24, 2.45) is 0 Å². The maximum absolute atomic E-state index is 11.4. The summed E-state index contributed by atoms with van der Waals surface area (Å²) in [5.74, 6) is 0.118. The zero-order chi connectivity index (χ0) is 9.84. The summed E-state index contributed by atoms with van der Waals surface area (Å²) in [7, 11) is 0. The van der Waals surface area contributed by atoms with E-state index in [0.29, 0.717) is 17.7 Å². The number of para-hydroxylation sites is 1. The number of nitrogens with two attached hydrogens (primary N) is 1. The molecule has 0 amide bonds. The molecule has 0 saturated carbocycles. The fourth-order valence-electron chi connectivity index (χ4n) is 1.35. The number of carbonyl (C=O) groups excluding carboxylic acids is 1. The largest absolute Gasteiger partial charge is 0.398 e. The van der Waals surface area contributed by atoms with Gasteiger partial charge in [0.1, 0.15) is 0 Å². The number of carbonyl (C=O) groups is 1. The Kier molecular flexibility index (Phi) is 3.07. The zero-order valence-electron chi connectivity index (χ0n) is 8.13. The molecule has 0 radical (unpaired) electrons. The molecule has 0 aliphatic rings. The molecule has 1 rings (SSSR count). The Labute approximate surface area is 78.8 Å². The summed E-state index contributed by atoms with van der Waals surface area (Å²) in [6.07, 6.45) is 1.38.